The lowest BCUT2D eigenvalue weighted by Gasteiger charge is -2.20. The Morgan fingerprint density at radius 3 is 2.68 bits per heavy atom. The van der Waals surface area contributed by atoms with Crippen molar-refractivity contribution in [1.29, 1.82) is 0 Å². The van der Waals surface area contributed by atoms with Crippen LogP contribution < -0.4 is 0 Å². The normalized spacial score (nSPS) is 13.0. The zero-order valence-electron chi connectivity index (χ0n) is 10.4. The van der Waals surface area contributed by atoms with Crippen LogP contribution in [0.5, 0.6) is 0 Å². The molecular formula is C16H13ClOS. The first-order chi connectivity index (χ1) is 9.31. The molecular weight excluding hydrogens is 276 g/mol. The van der Waals surface area contributed by atoms with Gasteiger partial charge in [0.15, 0.2) is 5.78 Å². The van der Waals surface area contributed by atoms with Crippen LogP contribution in [0.4, 0.5) is 0 Å². The van der Waals surface area contributed by atoms with Crippen molar-refractivity contribution in [2.45, 2.75) is 11.3 Å². The number of carbonyl (C=O) groups excluding carboxylic acids is 1. The quantitative estimate of drug-likeness (QED) is 0.532. The van der Waals surface area contributed by atoms with Crippen molar-refractivity contribution < 1.29 is 4.79 Å². The Bertz CT molecular complexity index is 636. The zero-order valence-corrected chi connectivity index (χ0v) is 11.9. The number of fused-ring (bicyclic) bond motifs is 2. The van der Waals surface area contributed by atoms with Gasteiger partial charge < -0.3 is 0 Å². The Morgan fingerprint density at radius 1 is 1.05 bits per heavy atom. The highest BCUT2D eigenvalue weighted by Gasteiger charge is 2.25. The molecule has 0 unspecified atom stereocenters. The monoisotopic (exact) mass is 288 g/mol. The minimum absolute atomic E-state index is 0.148. The van der Waals surface area contributed by atoms with Crippen molar-refractivity contribution in [2.24, 2.45) is 0 Å². The molecule has 0 bridgehead atoms. The van der Waals surface area contributed by atoms with Gasteiger partial charge in [0.25, 0.3) is 0 Å². The third kappa shape index (κ3) is 2.31. The molecule has 19 heavy (non-hydrogen) atoms. The maximum absolute atomic E-state index is 12.6. The van der Waals surface area contributed by atoms with Gasteiger partial charge in [-0.2, -0.15) is 0 Å². The van der Waals surface area contributed by atoms with Gasteiger partial charge in [-0.3, -0.25) is 4.79 Å². The summed E-state index contributed by atoms with van der Waals surface area (Å²) in [6.07, 6.45) is 0.840. The van der Waals surface area contributed by atoms with E-state index in [4.69, 9.17) is 11.6 Å². The fourth-order valence-corrected chi connectivity index (χ4v) is 3.56. The number of benzene rings is 2. The molecule has 1 nitrogen and oxygen atoms in total. The number of ketones is 1. The topological polar surface area (TPSA) is 17.1 Å². The molecule has 0 aromatic heterocycles. The van der Waals surface area contributed by atoms with E-state index in [1.807, 2.05) is 42.5 Å². The number of thioether (sulfide) groups is 1. The van der Waals surface area contributed by atoms with Gasteiger partial charge >= 0.3 is 0 Å². The fourth-order valence-electron chi connectivity index (χ4n) is 2.49. The molecule has 0 N–H and O–H groups in total. The second kappa shape index (κ2) is 5.40. The minimum atomic E-state index is 0.148. The third-order valence-electron chi connectivity index (χ3n) is 3.32. The van der Waals surface area contributed by atoms with Crippen LogP contribution in [-0.2, 0) is 6.42 Å². The van der Waals surface area contributed by atoms with Crippen LogP contribution in [0.15, 0.2) is 47.4 Å². The molecule has 0 saturated heterocycles. The number of rotatable bonds is 3. The number of hydrogen-bond acceptors (Lipinski definition) is 2. The van der Waals surface area contributed by atoms with E-state index >= 15 is 0 Å². The van der Waals surface area contributed by atoms with E-state index in [-0.39, 0.29) is 5.78 Å². The first-order valence-corrected chi connectivity index (χ1v) is 7.76. The lowest BCUT2D eigenvalue weighted by molar-refractivity contribution is 0.103. The van der Waals surface area contributed by atoms with Crippen LogP contribution in [0.3, 0.4) is 0 Å². The summed E-state index contributed by atoms with van der Waals surface area (Å²) in [4.78, 5) is 13.7. The van der Waals surface area contributed by atoms with Gasteiger partial charge in [0, 0.05) is 27.7 Å². The molecule has 96 valence electrons. The third-order valence-corrected chi connectivity index (χ3v) is 4.79. The van der Waals surface area contributed by atoms with E-state index in [1.165, 1.54) is 0 Å². The molecule has 0 amide bonds. The molecule has 0 heterocycles. The van der Waals surface area contributed by atoms with E-state index in [1.54, 1.807) is 11.8 Å². The summed E-state index contributed by atoms with van der Waals surface area (Å²) in [5.74, 6) is 1.57. The highest BCUT2D eigenvalue weighted by Crippen LogP contribution is 2.33. The number of carbonyl (C=O) groups is 1. The van der Waals surface area contributed by atoms with Crippen LogP contribution in [0.2, 0.25) is 0 Å². The van der Waals surface area contributed by atoms with Crippen LogP contribution in [0, 0.1) is 0 Å². The molecule has 0 spiro atoms. The molecule has 3 rings (SSSR count). The highest BCUT2D eigenvalue weighted by molar-refractivity contribution is 7.99. The summed E-state index contributed by atoms with van der Waals surface area (Å²) in [7, 11) is 0. The van der Waals surface area contributed by atoms with Gasteiger partial charge in [-0.05, 0) is 23.6 Å². The Kier molecular flexibility index (Phi) is 3.63. The highest BCUT2D eigenvalue weighted by atomic mass is 35.5. The first kappa shape index (κ1) is 12.8. The molecule has 2 aromatic rings. The van der Waals surface area contributed by atoms with Crippen molar-refractivity contribution in [2.75, 3.05) is 11.6 Å². The Morgan fingerprint density at radius 2 is 1.84 bits per heavy atom. The molecule has 0 aliphatic heterocycles. The van der Waals surface area contributed by atoms with Gasteiger partial charge in [0.05, 0.1) is 0 Å². The SMILES string of the molecule is O=C1c2ccccc2Cc2cccc(SCCCl)c21. The van der Waals surface area contributed by atoms with Gasteiger partial charge in [0.1, 0.15) is 0 Å². The summed E-state index contributed by atoms with van der Waals surface area (Å²) in [6, 6.07) is 14.0. The first-order valence-electron chi connectivity index (χ1n) is 6.24. The van der Waals surface area contributed by atoms with Crippen molar-refractivity contribution in [3.8, 4) is 0 Å². The zero-order chi connectivity index (χ0) is 13.2. The van der Waals surface area contributed by atoms with Gasteiger partial charge in [-0.25, -0.2) is 0 Å². The van der Waals surface area contributed by atoms with Gasteiger partial charge in [-0.15, -0.1) is 23.4 Å². The summed E-state index contributed by atoms with van der Waals surface area (Å²) in [6.45, 7) is 0. The van der Waals surface area contributed by atoms with E-state index < -0.39 is 0 Å². The Labute approximate surface area is 122 Å². The maximum Gasteiger partial charge on any atom is 0.194 e. The average molecular weight is 289 g/mol. The molecule has 0 fully saturated rings. The van der Waals surface area contributed by atoms with E-state index in [2.05, 4.69) is 0 Å². The largest absolute Gasteiger partial charge is 0.289 e. The van der Waals surface area contributed by atoms with Crippen LogP contribution in [0.25, 0.3) is 0 Å². The van der Waals surface area contributed by atoms with Crippen molar-refractivity contribution in [3.05, 3.63) is 64.7 Å². The number of hydrogen-bond donors (Lipinski definition) is 0. The number of halogens is 1. The van der Waals surface area contributed by atoms with E-state index in [0.29, 0.717) is 5.88 Å². The van der Waals surface area contributed by atoms with Crippen molar-refractivity contribution >= 4 is 29.1 Å². The van der Waals surface area contributed by atoms with Crippen LogP contribution in [0.1, 0.15) is 27.0 Å². The molecule has 1 aliphatic rings. The summed E-state index contributed by atoms with van der Waals surface area (Å²) < 4.78 is 0. The average Bonchev–Trinajstić information content (AvgIpc) is 2.45. The molecule has 3 heteroatoms. The predicted octanol–water partition coefficient (Wildman–Crippen LogP) is 4.15. The Balaban J connectivity index is 2.08. The van der Waals surface area contributed by atoms with Gasteiger partial charge in [0.2, 0.25) is 0 Å². The van der Waals surface area contributed by atoms with E-state index in [9.17, 15) is 4.79 Å². The second-order valence-electron chi connectivity index (χ2n) is 4.49. The molecule has 2 aromatic carbocycles. The second-order valence-corrected chi connectivity index (χ2v) is 6.01. The molecule has 1 aliphatic carbocycles. The minimum Gasteiger partial charge on any atom is -0.289 e. The van der Waals surface area contributed by atoms with Gasteiger partial charge in [-0.1, -0.05) is 36.4 Å². The fraction of sp³-hybridized carbons (Fsp3) is 0.188. The van der Waals surface area contributed by atoms with Crippen LogP contribution in [-0.4, -0.2) is 17.4 Å². The van der Waals surface area contributed by atoms with Crippen molar-refractivity contribution in [3.63, 3.8) is 0 Å². The smallest absolute Gasteiger partial charge is 0.194 e. The summed E-state index contributed by atoms with van der Waals surface area (Å²) >= 11 is 7.41. The predicted molar refractivity (Wildman–Crippen MR) is 80.6 cm³/mol. The molecule has 0 radical (unpaired) electrons. The number of alkyl halides is 1. The maximum atomic E-state index is 12.6. The standard InChI is InChI=1S/C16H13ClOS/c17-8-9-19-14-7-3-5-12-10-11-4-1-2-6-13(11)16(18)15(12)14/h1-7H,8-10H2. The molecule has 0 saturated carbocycles. The lowest BCUT2D eigenvalue weighted by atomic mass is 9.85. The van der Waals surface area contributed by atoms with E-state index in [0.717, 1.165) is 39.3 Å². The Hall–Kier alpha value is -1.25. The summed E-state index contributed by atoms with van der Waals surface area (Å²) in [5, 5.41) is 0. The van der Waals surface area contributed by atoms with Crippen LogP contribution >= 0.6 is 23.4 Å². The van der Waals surface area contributed by atoms with Crippen molar-refractivity contribution in [1.82, 2.24) is 0 Å². The summed E-state index contributed by atoms with van der Waals surface area (Å²) in [5.41, 5.74) is 3.97. The lowest BCUT2D eigenvalue weighted by Crippen LogP contribution is -2.16. The molecule has 0 atom stereocenters.